The van der Waals surface area contributed by atoms with Crippen molar-refractivity contribution in [2.75, 3.05) is 103 Å². The number of hydrogen-bond donors (Lipinski definition) is 6. The molecular weight excluding hydrogens is 1070 g/mol. The molecule has 26 heteroatoms. The second-order valence-electron chi connectivity index (χ2n) is 21.3. The lowest BCUT2D eigenvalue weighted by molar-refractivity contribution is 0.209. The van der Waals surface area contributed by atoms with Crippen molar-refractivity contribution in [2.45, 2.75) is 39.2 Å². The summed E-state index contributed by atoms with van der Waals surface area (Å²) in [7, 11) is 2.15. The van der Waals surface area contributed by atoms with E-state index in [1.807, 2.05) is 106 Å². The van der Waals surface area contributed by atoms with Gasteiger partial charge in [-0.2, -0.15) is 15.3 Å². The van der Waals surface area contributed by atoms with Crippen molar-refractivity contribution in [3.05, 3.63) is 148 Å². The van der Waals surface area contributed by atoms with Gasteiger partial charge in [-0.25, -0.2) is 44.9 Å². The van der Waals surface area contributed by atoms with Gasteiger partial charge in [0.2, 0.25) is 0 Å². The van der Waals surface area contributed by atoms with Gasteiger partial charge >= 0.3 is 0 Å². The first kappa shape index (κ1) is 53.9. The molecule has 0 aliphatic carbocycles. The predicted molar refractivity (Wildman–Crippen MR) is 329 cm³/mol. The van der Waals surface area contributed by atoms with E-state index in [2.05, 4.69) is 155 Å². The van der Waals surface area contributed by atoms with E-state index in [-0.39, 0.29) is 0 Å². The zero-order valence-corrected chi connectivity index (χ0v) is 47.6. The number of nitrogens with one attached hydrogen (secondary N) is 6. The van der Waals surface area contributed by atoms with Crippen molar-refractivity contribution in [1.82, 2.24) is 98.4 Å². The van der Waals surface area contributed by atoms with Gasteiger partial charge in [-0.05, 0) is 76.6 Å². The van der Waals surface area contributed by atoms with E-state index in [9.17, 15) is 0 Å². The average Bonchev–Trinajstić information content (AvgIpc) is 4.12. The van der Waals surface area contributed by atoms with Crippen LogP contribution in [0.1, 0.15) is 33.1 Å². The smallest absolute Gasteiger partial charge is 0.180 e. The number of hydrogen-bond acceptors (Lipinski definition) is 20. The molecule has 0 atom stereocenters. The maximum atomic E-state index is 4.67. The second-order valence-corrected chi connectivity index (χ2v) is 21.3. The van der Waals surface area contributed by atoms with E-state index in [0.717, 1.165) is 151 Å². The van der Waals surface area contributed by atoms with Crippen molar-refractivity contribution in [3.63, 3.8) is 0 Å². The fraction of sp³-hybridized carbons (Fsp3) is 0.288. The summed E-state index contributed by atoms with van der Waals surface area (Å²) in [5.41, 5.74) is 10.6. The number of nitrogens with zero attached hydrogens (tertiary/aromatic N) is 20. The molecule has 0 radical (unpaired) electrons. The number of aromatic nitrogens is 18. The number of likely N-dealkylation sites (N-methyl/N-ethyl adjacent to an activating group) is 1. The van der Waals surface area contributed by atoms with Crippen molar-refractivity contribution < 1.29 is 0 Å². The van der Waals surface area contributed by atoms with E-state index in [4.69, 9.17) is 0 Å². The quantitative estimate of drug-likeness (QED) is 0.0637. The van der Waals surface area contributed by atoms with Crippen molar-refractivity contribution in [2.24, 2.45) is 0 Å². The number of imidazole rings is 3. The van der Waals surface area contributed by atoms with Gasteiger partial charge < -0.3 is 35.6 Å². The summed E-state index contributed by atoms with van der Waals surface area (Å²) in [4.78, 5) is 52.9. The van der Waals surface area contributed by atoms with Gasteiger partial charge in [0.05, 0.1) is 89.9 Å². The molecule has 0 unspecified atom stereocenters. The summed E-state index contributed by atoms with van der Waals surface area (Å²) >= 11 is 0. The molecule has 3 aliphatic rings. The molecule has 0 saturated carbocycles. The average molecular weight is 1140 g/mol. The molecule has 3 saturated heterocycles. The van der Waals surface area contributed by atoms with Crippen molar-refractivity contribution >= 4 is 68.9 Å². The second kappa shape index (κ2) is 24.6. The monoisotopic (exact) mass is 1140 g/mol. The van der Waals surface area contributed by atoms with Crippen molar-refractivity contribution in [3.8, 4) is 33.8 Å². The number of fused-ring (bicyclic) bond motifs is 3. The Morgan fingerprint density at radius 2 is 0.753 bits per heavy atom. The fourth-order valence-corrected chi connectivity index (χ4v) is 10.8. The summed E-state index contributed by atoms with van der Waals surface area (Å²) in [6.07, 6.45) is 36.7. The SMILES string of the molecule is CC(C)N1CCN(c2ccc(Nc3ncc(-c4cn[nH]c4)n4ccnc34)cn2)CC1.CN1CCN(c2ccc(Nc3ncc(-c4cn[nH]c4)n4ccnc34)cn2)CC1.c1cn2c(-c3cn[nH]c3)cnc(Nc3ccc(N4CCCCC4)nc3)c2n1. The highest BCUT2D eigenvalue weighted by Crippen LogP contribution is 2.29. The fourth-order valence-electron chi connectivity index (χ4n) is 10.8. The van der Waals surface area contributed by atoms with E-state index in [1.54, 1.807) is 37.2 Å². The van der Waals surface area contributed by atoms with Gasteiger partial charge in [-0.1, -0.05) is 0 Å². The Morgan fingerprint density at radius 3 is 1.08 bits per heavy atom. The lowest BCUT2D eigenvalue weighted by Crippen LogP contribution is -2.49. The molecule has 0 bridgehead atoms. The normalized spacial score (nSPS) is 15.0. The minimum absolute atomic E-state index is 0.596. The molecule has 432 valence electrons. The van der Waals surface area contributed by atoms with Crippen LogP contribution < -0.4 is 30.7 Å². The van der Waals surface area contributed by atoms with Crippen LogP contribution in [0.3, 0.4) is 0 Å². The molecule has 12 aromatic rings. The summed E-state index contributed by atoms with van der Waals surface area (Å²) in [6.45, 7) is 15.0. The molecule has 0 spiro atoms. The Bertz CT molecular complexity index is 4040. The Morgan fingerprint density at radius 1 is 0.388 bits per heavy atom. The van der Waals surface area contributed by atoms with Crippen LogP contribution in [-0.4, -0.2) is 177 Å². The van der Waals surface area contributed by atoms with E-state index >= 15 is 0 Å². The predicted octanol–water partition coefficient (Wildman–Crippen LogP) is 8.05. The Balaban J connectivity index is 0.000000119. The molecule has 15 rings (SSSR count). The van der Waals surface area contributed by atoms with Crippen LogP contribution in [0.4, 0.5) is 52.0 Å². The van der Waals surface area contributed by atoms with Gasteiger partial charge in [0.1, 0.15) is 17.5 Å². The van der Waals surface area contributed by atoms with Crippen LogP contribution in [-0.2, 0) is 0 Å². The number of pyridine rings is 3. The third-order valence-corrected chi connectivity index (χ3v) is 15.6. The minimum Gasteiger partial charge on any atom is -0.357 e. The Labute approximate surface area is 489 Å². The standard InChI is InChI=1S/C21H25N9.C19H21N9.C19H20N8/c1-15(2)28-7-9-29(10-8-28)19-4-3-17(13-23-19)27-20-21-22-5-6-30(21)18(14-24-20)16-11-25-26-12-16;1-26-6-8-27(9-7-26)17-3-2-15(12-21-17)25-18-19-20-4-5-28(19)16(13-22-18)14-10-23-24-11-14;1-2-7-26(8-3-1)17-5-4-15(12-21-17)25-18-19-20-6-9-27(19)16(13-22-18)14-10-23-24-11-14/h3-6,11-15H,7-10H2,1-2H3,(H,24,27)(H,25,26);2-5,10-13H,6-9H2,1H3,(H,22,25)(H,23,24);4-6,9-13H,1-3,7-8H2,(H,22,25)(H,23,24). The van der Waals surface area contributed by atoms with Gasteiger partial charge in [-0.15, -0.1) is 0 Å². The maximum Gasteiger partial charge on any atom is 0.180 e. The van der Waals surface area contributed by atoms with Gasteiger partial charge in [0, 0.05) is 144 Å². The first-order valence-corrected chi connectivity index (χ1v) is 28.7. The van der Waals surface area contributed by atoms with E-state index in [0.29, 0.717) is 23.5 Å². The zero-order chi connectivity index (χ0) is 57.5. The van der Waals surface area contributed by atoms with Crippen LogP contribution >= 0.6 is 0 Å². The summed E-state index contributed by atoms with van der Waals surface area (Å²) < 4.78 is 5.98. The van der Waals surface area contributed by atoms with Gasteiger partial charge in [0.25, 0.3) is 0 Å². The number of rotatable bonds is 13. The molecular formula is C59H66N26. The summed E-state index contributed by atoms with van der Waals surface area (Å²) in [5.74, 6) is 5.12. The number of anilines is 9. The summed E-state index contributed by atoms with van der Waals surface area (Å²) in [5, 5.41) is 30.6. The molecule has 3 fully saturated rings. The number of piperazine rings is 2. The lowest BCUT2D eigenvalue weighted by atomic mass is 10.1. The third kappa shape index (κ3) is 12.0. The lowest BCUT2D eigenvalue weighted by Gasteiger charge is -2.37. The van der Waals surface area contributed by atoms with Crippen LogP contribution in [0.5, 0.6) is 0 Å². The zero-order valence-electron chi connectivity index (χ0n) is 47.6. The van der Waals surface area contributed by atoms with E-state index in [1.165, 1.54) is 19.3 Å². The molecule has 12 aromatic heterocycles. The third-order valence-electron chi connectivity index (χ3n) is 15.6. The Kier molecular flexibility index (Phi) is 15.6. The molecule has 15 heterocycles. The number of piperidine rings is 1. The number of aromatic amines is 3. The highest BCUT2D eigenvalue weighted by atomic mass is 15.3. The van der Waals surface area contributed by atoms with Gasteiger partial charge in [-0.3, -0.25) is 33.4 Å². The molecule has 85 heavy (non-hydrogen) atoms. The number of H-pyrrole nitrogens is 3. The molecule has 0 amide bonds. The van der Waals surface area contributed by atoms with Crippen LogP contribution in [0.15, 0.2) is 148 Å². The first-order valence-electron chi connectivity index (χ1n) is 28.7. The van der Waals surface area contributed by atoms with E-state index < -0.39 is 0 Å². The topological polar surface area (TPSA) is 268 Å². The molecule has 26 nitrogen and oxygen atoms in total. The van der Waals surface area contributed by atoms with Crippen LogP contribution in [0, 0.1) is 0 Å². The van der Waals surface area contributed by atoms with Crippen LogP contribution in [0.2, 0.25) is 0 Å². The van der Waals surface area contributed by atoms with Crippen LogP contribution in [0.25, 0.3) is 50.7 Å². The van der Waals surface area contributed by atoms with Gasteiger partial charge in [0.15, 0.2) is 34.4 Å². The largest absolute Gasteiger partial charge is 0.357 e. The highest BCUT2D eigenvalue weighted by molar-refractivity contribution is 5.76. The molecule has 6 N–H and O–H groups in total. The minimum atomic E-state index is 0.596. The summed E-state index contributed by atoms with van der Waals surface area (Å²) in [6, 6.07) is 12.9. The molecule has 3 aliphatic heterocycles. The molecule has 0 aromatic carbocycles. The first-order chi connectivity index (χ1) is 41.8. The Hall–Kier alpha value is -10.3. The maximum absolute atomic E-state index is 4.67. The highest BCUT2D eigenvalue weighted by Gasteiger charge is 2.21. The van der Waals surface area contributed by atoms with Crippen molar-refractivity contribution in [1.29, 1.82) is 0 Å².